The summed E-state index contributed by atoms with van der Waals surface area (Å²) in [6, 6.07) is 9.09. The highest BCUT2D eigenvalue weighted by atomic mass is 16.4. The smallest absolute Gasteiger partial charge is 0.339 e. The predicted molar refractivity (Wildman–Crippen MR) is 71.3 cm³/mol. The minimum absolute atomic E-state index is 0.00111. The molecule has 18 heavy (non-hydrogen) atoms. The highest BCUT2D eigenvalue weighted by Crippen LogP contribution is 2.37. The fourth-order valence-electron chi connectivity index (χ4n) is 2.14. The Morgan fingerprint density at radius 1 is 1.17 bits per heavy atom. The average Bonchev–Trinajstić information content (AvgIpc) is 2.27. The van der Waals surface area contributed by atoms with Crippen molar-refractivity contribution in [1.29, 1.82) is 0 Å². The van der Waals surface area contributed by atoms with Crippen molar-refractivity contribution in [2.75, 3.05) is 0 Å². The number of benzene rings is 2. The molecule has 0 bridgehead atoms. The van der Waals surface area contributed by atoms with E-state index in [1.54, 1.807) is 12.1 Å². The summed E-state index contributed by atoms with van der Waals surface area (Å²) in [4.78, 5) is 11.4. The van der Waals surface area contributed by atoms with Crippen LogP contribution in [0.4, 0.5) is 0 Å². The van der Waals surface area contributed by atoms with Crippen molar-refractivity contribution in [3.8, 4) is 5.75 Å². The molecule has 2 rings (SSSR count). The highest BCUT2D eigenvalue weighted by Gasteiger charge is 2.26. The van der Waals surface area contributed by atoms with Gasteiger partial charge in [-0.05, 0) is 22.4 Å². The summed E-state index contributed by atoms with van der Waals surface area (Å²) < 4.78 is 0. The highest BCUT2D eigenvalue weighted by molar-refractivity contribution is 6.02. The monoisotopic (exact) mass is 244 g/mol. The standard InChI is InChI=1S/C15H16O3/c1-15(2,3)11-8-9-6-4-5-7-10(9)13(16)12(11)14(17)18/h4-8,16H,1-3H3,(H,17,18). The zero-order valence-electron chi connectivity index (χ0n) is 10.7. The van der Waals surface area contributed by atoms with E-state index in [2.05, 4.69) is 0 Å². The summed E-state index contributed by atoms with van der Waals surface area (Å²) in [5.74, 6) is -1.24. The van der Waals surface area contributed by atoms with Gasteiger partial charge in [-0.1, -0.05) is 45.0 Å². The Bertz CT molecular complexity index is 621. The minimum atomic E-state index is -1.09. The topological polar surface area (TPSA) is 57.5 Å². The number of aromatic carboxylic acids is 1. The van der Waals surface area contributed by atoms with Crippen molar-refractivity contribution in [2.45, 2.75) is 26.2 Å². The molecule has 0 aliphatic heterocycles. The molecule has 3 heteroatoms. The maximum Gasteiger partial charge on any atom is 0.339 e. The summed E-state index contributed by atoms with van der Waals surface area (Å²) in [7, 11) is 0. The van der Waals surface area contributed by atoms with Crippen LogP contribution in [0, 0.1) is 0 Å². The molecule has 94 valence electrons. The largest absolute Gasteiger partial charge is 0.506 e. The molecule has 0 aliphatic carbocycles. The van der Waals surface area contributed by atoms with Crippen LogP contribution < -0.4 is 0 Å². The fraction of sp³-hybridized carbons (Fsp3) is 0.267. The Kier molecular flexibility index (Phi) is 2.77. The number of carboxylic acid groups (broad SMARTS) is 1. The van der Waals surface area contributed by atoms with Gasteiger partial charge in [0.2, 0.25) is 0 Å². The molecule has 0 fully saturated rings. The van der Waals surface area contributed by atoms with Gasteiger partial charge >= 0.3 is 5.97 Å². The van der Waals surface area contributed by atoms with Gasteiger partial charge in [0.15, 0.2) is 0 Å². The Morgan fingerprint density at radius 2 is 1.78 bits per heavy atom. The van der Waals surface area contributed by atoms with E-state index in [0.29, 0.717) is 10.9 Å². The van der Waals surface area contributed by atoms with E-state index in [4.69, 9.17) is 0 Å². The van der Waals surface area contributed by atoms with E-state index in [9.17, 15) is 15.0 Å². The molecule has 0 unspecified atom stereocenters. The maximum atomic E-state index is 11.4. The number of phenols is 1. The lowest BCUT2D eigenvalue weighted by Gasteiger charge is -2.23. The van der Waals surface area contributed by atoms with Gasteiger partial charge in [-0.2, -0.15) is 0 Å². The quantitative estimate of drug-likeness (QED) is 0.806. The van der Waals surface area contributed by atoms with Crippen molar-refractivity contribution in [3.05, 3.63) is 41.5 Å². The van der Waals surface area contributed by atoms with Crippen LogP contribution in [0.2, 0.25) is 0 Å². The van der Waals surface area contributed by atoms with Crippen LogP contribution in [0.5, 0.6) is 5.75 Å². The first-order chi connectivity index (χ1) is 8.32. The molecule has 0 saturated carbocycles. The summed E-state index contributed by atoms with van der Waals surface area (Å²) in [6.45, 7) is 5.80. The molecule has 2 aromatic carbocycles. The normalized spacial score (nSPS) is 11.7. The van der Waals surface area contributed by atoms with Gasteiger partial charge in [0.05, 0.1) is 0 Å². The molecule has 2 aromatic rings. The van der Waals surface area contributed by atoms with E-state index >= 15 is 0 Å². The zero-order valence-corrected chi connectivity index (χ0v) is 10.7. The molecular formula is C15H16O3. The third-order valence-corrected chi connectivity index (χ3v) is 3.04. The number of hydrogen-bond acceptors (Lipinski definition) is 2. The Balaban J connectivity index is 2.93. The number of carbonyl (C=O) groups is 1. The summed E-state index contributed by atoms with van der Waals surface area (Å²) in [5.41, 5.74) is 0.308. The lowest BCUT2D eigenvalue weighted by Crippen LogP contribution is -2.17. The Morgan fingerprint density at radius 3 is 2.33 bits per heavy atom. The molecule has 2 N–H and O–H groups in total. The third-order valence-electron chi connectivity index (χ3n) is 3.04. The van der Waals surface area contributed by atoms with Crippen LogP contribution in [0.15, 0.2) is 30.3 Å². The summed E-state index contributed by atoms with van der Waals surface area (Å²) in [5, 5.41) is 20.9. The first-order valence-electron chi connectivity index (χ1n) is 5.81. The van der Waals surface area contributed by atoms with Crippen molar-refractivity contribution >= 4 is 16.7 Å². The molecule has 0 heterocycles. The first kappa shape index (κ1) is 12.4. The lowest BCUT2D eigenvalue weighted by molar-refractivity contribution is 0.0691. The van der Waals surface area contributed by atoms with Crippen LogP contribution in [0.1, 0.15) is 36.7 Å². The van der Waals surface area contributed by atoms with Crippen LogP contribution in [-0.4, -0.2) is 16.2 Å². The molecule has 0 spiro atoms. The SMILES string of the molecule is CC(C)(C)c1cc2ccccc2c(O)c1C(=O)O. The molecule has 0 saturated heterocycles. The second-order valence-corrected chi connectivity index (χ2v) is 5.42. The molecule has 0 aromatic heterocycles. The van der Waals surface area contributed by atoms with Gasteiger partial charge in [-0.3, -0.25) is 0 Å². The number of rotatable bonds is 1. The predicted octanol–water partition coefficient (Wildman–Crippen LogP) is 3.54. The molecular weight excluding hydrogens is 228 g/mol. The van der Waals surface area contributed by atoms with E-state index in [1.807, 2.05) is 39.0 Å². The van der Waals surface area contributed by atoms with E-state index in [1.165, 1.54) is 0 Å². The van der Waals surface area contributed by atoms with Gasteiger partial charge in [0.25, 0.3) is 0 Å². The van der Waals surface area contributed by atoms with Crippen molar-refractivity contribution in [2.24, 2.45) is 0 Å². The number of aromatic hydroxyl groups is 1. The van der Waals surface area contributed by atoms with Crippen LogP contribution >= 0.6 is 0 Å². The first-order valence-corrected chi connectivity index (χ1v) is 5.81. The molecule has 0 aliphatic rings. The zero-order chi connectivity index (χ0) is 13.5. The van der Waals surface area contributed by atoms with E-state index < -0.39 is 5.97 Å². The fourth-order valence-corrected chi connectivity index (χ4v) is 2.14. The summed E-state index contributed by atoms with van der Waals surface area (Å²) >= 11 is 0. The number of fused-ring (bicyclic) bond motifs is 1. The minimum Gasteiger partial charge on any atom is -0.506 e. The van der Waals surface area contributed by atoms with E-state index in [-0.39, 0.29) is 16.7 Å². The Labute approximate surface area is 106 Å². The van der Waals surface area contributed by atoms with Gasteiger partial charge in [0.1, 0.15) is 11.3 Å². The maximum absolute atomic E-state index is 11.4. The average molecular weight is 244 g/mol. The van der Waals surface area contributed by atoms with Gasteiger partial charge in [0, 0.05) is 5.39 Å². The van der Waals surface area contributed by atoms with Crippen molar-refractivity contribution in [3.63, 3.8) is 0 Å². The van der Waals surface area contributed by atoms with Gasteiger partial charge in [-0.25, -0.2) is 4.79 Å². The Hall–Kier alpha value is -2.03. The lowest BCUT2D eigenvalue weighted by atomic mass is 9.82. The number of carboxylic acids is 1. The van der Waals surface area contributed by atoms with Crippen LogP contribution in [0.3, 0.4) is 0 Å². The van der Waals surface area contributed by atoms with Gasteiger partial charge in [-0.15, -0.1) is 0 Å². The summed E-state index contributed by atoms with van der Waals surface area (Å²) in [6.07, 6.45) is 0. The van der Waals surface area contributed by atoms with Crippen LogP contribution in [0.25, 0.3) is 10.8 Å². The second kappa shape index (κ2) is 4.02. The molecule has 0 amide bonds. The second-order valence-electron chi connectivity index (χ2n) is 5.42. The number of hydrogen-bond donors (Lipinski definition) is 2. The molecule has 0 atom stereocenters. The van der Waals surface area contributed by atoms with Crippen molar-refractivity contribution < 1.29 is 15.0 Å². The molecule has 0 radical (unpaired) electrons. The van der Waals surface area contributed by atoms with Crippen LogP contribution in [-0.2, 0) is 5.41 Å². The van der Waals surface area contributed by atoms with Gasteiger partial charge < -0.3 is 10.2 Å². The third kappa shape index (κ3) is 1.92. The molecule has 3 nitrogen and oxygen atoms in total. The van der Waals surface area contributed by atoms with Crippen molar-refractivity contribution in [1.82, 2.24) is 0 Å². The van der Waals surface area contributed by atoms with E-state index in [0.717, 1.165) is 5.39 Å².